The fourth-order valence-electron chi connectivity index (χ4n) is 2.03. The van der Waals surface area contributed by atoms with Crippen molar-refractivity contribution in [3.8, 4) is 5.88 Å². The molecule has 2 aromatic heterocycles. The van der Waals surface area contributed by atoms with Crippen LogP contribution in [-0.4, -0.2) is 26.2 Å². The van der Waals surface area contributed by atoms with Crippen LogP contribution < -0.4 is 0 Å². The third-order valence-electron chi connectivity index (χ3n) is 2.96. The summed E-state index contributed by atoms with van der Waals surface area (Å²) in [5.74, 6) is -2.19. The smallest absolute Gasteiger partial charge is 0.337 e. The van der Waals surface area contributed by atoms with Crippen molar-refractivity contribution in [2.24, 2.45) is 0 Å². The number of hydrogen-bond acceptors (Lipinski definition) is 5. The molecule has 1 aromatic carbocycles. The van der Waals surface area contributed by atoms with Gasteiger partial charge in [-0.3, -0.25) is 0 Å². The molecule has 0 atom stereocenters. The largest absolute Gasteiger partial charge is 0.492 e. The molecule has 110 valence electrons. The average molecular weight is 316 g/mol. The van der Waals surface area contributed by atoms with Gasteiger partial charge in [0.2, 0.25) is 11.8 Å². The molecule has 0 saturated heterocycles. The van der Waals surface area contributed by atoms with Crippen LogP contribution in [0.15, 0.2) is 52.4 Å². The van der Waals surface area contributed by atoms with Crippen LogP contribution in [0.1, 0.15) is 10.4 Å². The van der Waals surface area contributed by atoms with Gasteiger partial charge in [-0.2, -0.15) is 4.39 Å². The lowest BCUT2D eigenvalue weighted by atomic mass is 10.1. The van der Waals surface area contributed by atoms with Gasteiger partial charge in [0.1, 0.15) is 0 Å². The maximum atomic E-state index is 12.8. The molecule has 0 radical (unpaired) electrons. The molecule has 0 aliphatic heterocycles. The Labute approximate surface area is 128 Å². The molecule has 0 bridgehead atoms. The van der Waals surface area contributed by atoms with Gasteiger partial charge in [-0.1, -0.05) is 30.0 Å². The predicted molar refractivity (Wildman–Crippen MR) is 78.7 cm³/mol. The van der Waals surface area contributed by atoms with Crippen molar-refractivity contribution in [2.75, 3.05) is 0 Å². The normalized spacial score (nSPS) is 10.8. The van der Waals surface area contributed by atoms with E-state index in [1.165, 1.54) is 12.3 Å². The molecule has 2 heterocycles. The van der Waals surface area contributed by atoms with Crippen LogP contribution in [0.25, 0.3) is 10.9 Å². The zero-order chi connectivity index (χ0) is 15.7. The molecule has 3 rings (SSSR count). The second kappa shape index (κ2) is 5.61. The van der Waals surface area contributed by atoms with E-state index in [4.69, 9.17) is 0 Å². The van der Waals surface area contributed by atoms with Crippen LogP contribution in [0.3, 0.4) is 0 Å². The topological polar surface area (TPSA) is 83.3 Å². The van der Waals surface area contributed by atoms with Crippen molar-refractivity contribution in [1.82, 2.24) is 9.97 Å². The van der Waals surface area contributed by atoms with Gasteiger partial charge in [0, 0.05) is 16.5 Å². The molecule has 0 aliphatic carbocycles. The maximum absolute atomic E-state index is 12.8. The number of aromatic nitrogens is 2. The van der Waals surface area contributed by atoms with E-state index in [2.05, 4.69) is 9.97 Å². The fourth-order valence-corrected chi connectivity index (χ4v) is 2.94. The second-order valence-corrected chi connectivity index (χ2v) is 5.46. The molecule has 0 fully saturated rings. The van der Waals surface area contributed by atoms with Crippen molar-refractivity contribution in [3.63, 3.8) is 0 Å². The molecule has 3 aromatic rings. The Morgan fingerprint density at radius 2 is 1.95 bits per heavy atom. The first-order chi connectivity index (χ1) is 10.6. The minimum atomic E-state index is -1.17. The molecule has 22 heavy (non-hydrogen) atoms. The van der Waals surface area contributed by atoms with Gasteiger partial charge >= 0.3 is 5.97 Å². The maximum Gasteiger partial charge on any atom is 0.337 e. The molecule has 0 spiro atoms. The van der Waals surface area contributed by atoms with Gasteiger partial charge in [-0.05, 0) is 18.2 Å². The quantitative estimate of drug-likeness (QED) is 0.721. The number of carboxylic acid groups (broad SMARTS) is 1. The number of para-hydroxylation sites is 1. The third-order valence-corrected chi connectivity index (χ3v) is 4.03. The summed E-state index contributed by atoms with van der Waals surface area (Å²) >= 11 is 0.970. The van der Waals surface area contributed by atoms with E-state index in [0.717, 1.165) is 17.8 Å². The first-order valence-electron chi connectivity index (χ1n) is 6.20. The highest BCUT2D eigenvalue weighted by Gasteiger charge is 2.21. The number of fused-ring (bicyclic) bond motifs is 1. The Balaban J connectivity index is 2.19. The van der Waals surface area contributed by atoms with Crippen molar-refractivity contribution < 1.29 is 19.4 Å². The Hall–Kier alpha value is -2.67. The van der Waals surface area contributed by atoms with Crippen molar-refractivity contribution in [2.45, 2.75) is 9.79 Å². The fraction of sp³-hybridized carbons (Fsp3) is 0. The molecule has 5 nitrogen and oxygen atoms in total. The van der Waals surface area contributed by atoms with E-state index < -0.39 is 11.9 Å². The number of pyridine rings is 2. The van der Waals surface area contributed by atoms with E-state index in [0.29, 0.717) is 15.8 Å². The van der Waals surface area contributed by atoms with Gasteiger partial charge in [0.25, 0.3) is 0 Å². The van der Waals surface area contributed by atoms with Gasteiger partial charge in [-0.15, -0.1) is 0 Å². The van der Waals surface area contributed by atoms with Gasteiger partial charge in [-0.25, -0.2) is 14.8 Å². The summed E-state index contributed by atoms with van der Waals surface area (Å²) in [6.45, 7) is 0. The van der Waals surface area contributed by atoms with Crippen LogP contribution in [0, 0.1) is 5.95 Å². The molecule has 0 unspecified atom stereocenters. The van der Waals surface area contributed by atoms with Gasteiger partial charge in [0.05, 0.1) is 16.0 Å². The SMILES string of the molecule is O=C(O)c1c(Sc2ccc(F)nc2)c(O)nc2ccccc12. The van der Waals surface area contributed by atoms with Crippen LogP contribution in [0.5, 0.6) is 5.88 Å². The monoisotopic (exact) mass is 316 g/mol. The minimum Gasteiger partial charge on any atom is -0.492 e. The second-order valence-electron chi connectivity index (χ2n) is 4.38. The molecule has 0 saturated carbocycles. The summed E-state index contributed by atoms with van der Waals surface area (Å²) in [4.78, 5) is 19.7. The number of halogens is 1. The highest BCUT2D eigenvalue weighted by molar-refractivity contribution is 7.99. The summed E-state index contributed by atoms with van der Waals surface area (Å²) in [7, 11) is 0. The lowest BCUT2D eigenvalue weighted by Gasteiger charge is -2.10. The molecular formula is C15H9FN2O3S. The number of benzene rings is 1. The highest BCUT2D eigenvalue weighted by atomic mass is 32.2. The predicted octanol–water partition coefficient (Wildman–Crippen LogP) is 3.32. The summed E-state index contributed by atoms with van der Waals surface area (Å²) in [5, 5.41) is 20.0. The summed E-state index contributed by atoms with van der Waals surface area (Å²) in [6, 6.07) is 9.26. The molecule has 2 N–H and O–H groups in total. The number of hydrogen-bond donors (Lipinski definition) is 2. The number of rotatable bonds is 3. The number of aromatic hydroxyl groups is 1. The van der Waals surface area contributed by atoms with Crippen molar-refractivity contribution >= 4 is 28.6 Å². The zero-order valence-corrected chi connectivity index (χ0v) is 11.8. The Morgan fingerprint density at radius 1 is 1.18 bits per heavy atom. The number of carboxylic acids is 1. The van der Waals surface area contributed by atoms with E-state index in [9.17, 15) is 19.4 Å². The minimum absolute atomic E-state index is 0.0441. The molecular weight excluding hydrogens is 307 g/mol. The van der Waals surface area contributed by atoms with Gasteiger partial charge < -0.3 is 10.2 Å². The lowest BCUT2D eigenvalue weighted by molar-refractivity contribution is 0.0694. The standard InChI is InChI=1S/C15H9FN2O3S/c16-11-6-5-8(7-17-11)22-13-12(15(20)21)9-3-1-2-4-10(9)18-14(13)19/h1-7H,(H,18,19)(H,20,21). The number of carbonyl (C=O) groups is 1. The Bertz CT molecular complexity index is 869. The van der Waals surface area contributed by atoms with E-state index in [1.54, 1.807) is 24.3 Å². The van der Waals surface area contributed by atoms with E-state index in [-0.39, 0.29) is 16.3 Å². The Morgan fingerprint density at radius 3 is 2.64 bits per heavy atom. The lowest BCUT2D eigenvalue weighted by Crippen LogP contribution is -2.02. The van der Waals surface area contributed by atoms with Crippen molar-refractivity contribution in [1.29, 1.82) is 0 Å². The summed E-state index contributed by atoms with van der Waals surface area (Å²) in [6.07, 6.45) is 1.26. The van der Waals surface area contributed by atoms with Crippen LogP contribution in [0.2, 0.25) is 0 Å². The molecule has 7 heteroatoms. The Kier molecular flexibility index (Phi) is 3.64. The summed E-state index contributed by atoms with van der Waals surface area (Å²) in [5.41, 5.74) is 0.344. The summed E-state index contributed by atoms with van der Waals surface area (Å²) < 4.78 is 12.8. The number of nitrogens with zero attached hydrogens (tertiary/aromatic N) is 2. The first-order valence-corrected chi connectivity index (χ1v) is 7.02. The van der Waals surface area contributed by atoms with Gasteiger partial charge in [0.15, 0.2) is 0 Å². The van der Waals surface area contributed by atoms with Crippen molar-refractivity contribution in [3.05, 3.63) is 54.1 Å². The molecule has 0 aliphatic rings. The van der Waals surface area contributed by atoms with Crippen LogP contribution in [0.4, 0.5) is 4.39 Å². The first kappa shape index (κ1) is 14.3. The van der Waals surface area contributed by atoms with Crippen LogP contribution in [-0.2, 0) is 0 Å². The number of aromatic carboxylic acids is 1. The highest BCUT2D eigenvalue weighted by Crippen LogP contribution is 2.39. The zero-order valence-electron chi connectivity index (χ0n) is 11.0. The van der Waals surface area contributed by atoms with E-state index in [1.807, 2.05) is 0 Å². The van der Waals surface area contributed by atoms with E-state index >= 15 is 0 Å². The molecule has 0 amide bonds. The average Bonchev–Trinajstić information content (AvgIpc) is 2.49. The third kappa shape index (κ3) is 2.58. The van der Waals surface area contributed by atoms with Crippen LogP contribution >= 0.6 is 11.8 Å².